The van der Waals surface area contributed by atoms with Crippen molar-refractivity contribution in [1.29, 1.82) is 0 Å². The van der Waals surface area contributed by atoms with E-state index in [0.717, 1.165) is 23.2 Å². The maximum Gasteiger partial charge on any atom is 0.258 e. The molecule has 2 aromatic heterocycles. The summed E-state index contributed by atoms with van der Waals surface area (Å²) in [6, 6.07) is 14.8. The zero-order chi connectivity index (χ0) is 17.6. The number of nitrogens with two attached hydrogens (primary N) is 1. The average molecular weight is 353 g/mol. The highest BCUT2D eigenvalue weighted by Gasteiger charge is 2.07. The molecule has 5 nitrogen and oxygen atoms in total. The Bertz CT molecular complexity index is 863. The number of nitrogens with one attached hydrogen (secondary N) is 1. The van der Waals surface area contributed by atoms with E-state index in [1.807, 2.05) is 30.3 Å². The lowest BCUT2D eigenvalue weighted by Crippen LogP contribution is -2.13. The molecule has 0 bridgehead atoms. The van der Waals surface area contributed by atoms with Crippen LogP contribution in [0.1, 0.15) is 27.2 Å². The normalized spacial score (nSPS) is 10.5. The van der Waals surface area contributed by atoms with Crippen molar-refractivity contribution in [3.63, 3.8) is 0 Å². The van der Waals surface area contributed by atoms with Crippen molar-refractivity contribution >= 4 is 23.3 Å². The lowest BCUT2D eigenvalue weighted by molar-refractivity contribution is 0.102. The molecule has 1 aromatic carbocycles. The van der Waals surface area contributed by atoms with Crippen LogP contribution in [-0.2, 0) is 13.0 Å². The number of aromatic nitrogens is 2. The van der Waals surface area contributed by atoms with Gasteiger partial charge in [0.15, 0.2) is 0 Å². The third-order valence-corrected chi connectivity index (χ3v) is 3.89. The Morgan fingerprint density at radius 3 is 2.56 bits per heavy atom. The van der Waals surface area contributed by atoms with E-state index in [0.29, 0.717) is 22.9 Å². The van der Waals surface area contributed by atoms with Crippen molar-refractivity contribution in [3.05, 3.63) is 88.3 Å². The van der Waals surface area contributed by atoms with E-state index in [4.69, 9.17) is 17.3 Å². The number of carbonyl (C=O) groups is 1. The Balaban J connectivity index is 1.64. The minimum Gasteiger partial charge on any atom is -0.325 e. The van der Waals surface area contributed by atoms with Crippen molar-refractivity contribution in [1.82, 2.24) is 9.97 Å². The molecule has 0 aliphatic heterocycles. The molecule has 0 fully saturated rings. The van der Waals surface area contributed by atoms with E-state index in [-0.39, 0.29) is 5.91 Å². The predicted octanol–water partition coefficient (Wildman–Crippen LogP) is 3.43. The molecular formula is C19H17ClN4O. The third kappa shape index (κ3) is 4.62. The van der Waals surface area contributed by atoms with Gasteiger partial charge in [0.05, 0.1) is 11.3 Å². The van der Waals surface area contributed by atoms with Crippen LogP contribution in [0.4, 0.5) is 5.82 Å². The number of carbonyl (C=O) groups excluding carboxylic acids is 1. The van der Waals surface area contributed by atoms with Gasteiger partial charge in [0.2, 0.25) is 0 Å². The Morgan fingerprint density at radius 1 is 1.04 bits per heavy atom. The number of pyridine rings is 2. The van der Waals surface area contributed by atoms with Crippen LogP contribution in [0, 0.1) is 0 Å². The molecule has 0 spiro atoms. The first-order chi connectivity index (χ1) is 12.1. The van der Waals surface area contributed by atoms with Crippen LogP contribution in [0.3, 0.4) is 0 Å². The van der Waals surface area contributed by atoms with E-state index in [2.05, 4.69) is 15.3 Å². The van der Waals surface area contributed by atoms with Crippen molar-refractivity contribution in [2.75, 3.05) is 5.32 Å². The van der Waals surface area contributed by atoms with Gasteiger partial charge in [-0.2, -0.15) is 0 Å². The fraction of sp³-hybridized carbons (Fsp3) is 0.105. The van der Waals surface area contributed by atoms with Crippen molar-refractivity contribution in [3.8, 4) is 0 Å². The molecule has 0 atom stereocenters. The van der Waals surface area contributed by atoms with Crippen LogP contribution < -0.4 is 11.1 Å². The largest absolute Gasteiger partial charge is 0.325 e. The van der Waals surface area contributed by atoms with Gasteiger partial charge in [-0.1, -0.05) is 29.8 Å². The average Bonchev–Trinajstić information content (AvgIpc) is 2.63. The standard InChI is InChI=1S/C19H17ClN4O/c20-16-3-1-2-13(9-16)8-14-4-7-18(23-11-14)24-19(25)15-5-6-17(10-21)22-12-15/h1-7,9,11-12H,8,10,21H2,(H,23,24,25). The molecule has 2 heterocycles. The van der Waals surface area contributed by atoms with Crippen LogP contribution >= 0.6 is 11.6 Å². The second-order valence-electron chi connectivity index (χ2n) is 5.55. The summed E-state index contributed by atoms with van der Waals surface area (Å²) >= 11 is 6.00. The van der Waals surface area contributed by atoms with E-state index in [9.17, 15) is 4.79 Å². The smallest absolute Gasteiger partial charge is 0.258 e. The number of anilines is 1. The molecule has 0 saturated carbocycles. The Kier molecular flexibility index (Phi) is 5.38. The van der Waals surface area contributed by atoms with E-state index in [1.165, 1.54) is 6.20 Å². The highest BCUT2D eigenvalue weighted by atomic mass is 35.5. The summed E-state index contributed by atoms with van der Waals surface area (Å²) in [6.45, 7) is 0.345. The zero-order valence-electron chi connectivity index (χ0n) is 13.4. The van der Waals surface area contributed by atoms with Gasteiger partial charge in [-0.25, -0.2) is 4.98 Å². The molecule has 3 aromatic rings. The summed E-state index contributed by atoms with van der Waals surface area (Å²) in [5.41, 5.74) is 8.84. The summed E-state index contributed by atoms with van der Waals surface area (Å²) in [5, 5.41) is 3.47. The van der Waals surface area contributed by atoms with Gasteiger partial charge in [0.1, 0.15) is 5.82 Å². The molecule has 126 valence electrons. The number of amides is 1. The summed E-state index contributed by atoms with van der Waals surface area (Å²) in [6.07, 6.45) is 3.98. The molecule has 6 heteroatoms. The Morgan fingerprint density at radius 2 is 1.92 bits per heavy atom. The monoisotopic (exact) mass is 352 g/mol. The summed E-state index contributed by atoms with van der Waals surface area (Å²) in [5.74, 6) is 0.230. The quantitative estimate of drug-likeness (QED) is 0.737. The van der Waals surface area contributed by atoms with Crippen molar-refractivity contribution in [2.24, 2.45) is 5.73 Å². The number of hydrogen-bond acceptors (Lipinski definition) is 4. The van der Waals surface area contributed by atoms with Gasteiger partial charge in [0.25, 0.3) is 5.91 Å². The van der Waals surface area contributed by atoms with Crippen LogP contribution in [0.15, 0.2) is 60.9 Å². The second-order valence-corrected chi connectivity index (χ2v) is 5.99. The summed E-state index contributed by atoms with van der Waals surface area (Å²) in [7, 11) is 0. The lowest BCUT2D eigenvalue weighted by Gasteiger charge is -2.06. The van der Waals surface area contributed by atoms with Crippen LogP contribution in [0.2, 0.25) is 5.02 Å². The maximum absolute atomic E-state index is 12.2. The highest BCUT2D eigenvalue weighted by molar-refractivity contribution is 6.30. The van der Waals surface area contributed by atoms with Gasteiger partial charge in [-0.3, -0.25) is 9.78 Å². The first kappa shape index (κ1) is 17.1. The number of benzene rings is 1. The Labute approximate surface area is 150 Å². The molecule has 0 unspecified atom stereocenters. The molecule has 3 N–H and O–H groups in total. The molecule has 1 amide bonds. The number of halogens is 1. The summed E-state index contributed by atoms with van der Waals surface area (Å²) in [4.78, 5) is 20.6. The van der Waals surface area contributed by atoms with E-state index < -0.39 is 0 Å². The molecule has 0 aliphatic rings. The number of rotatable bonds is 5. The van der Waals surface area contributed by atoms with Gasteiger partial charge in [0, 0.05) is 24.0 Å². The van der Waals surface area contributed by atoms with Gasteiger partial charge < -0.3 is 11.1 Å². The van der Waals surface area contributed by atoms with Gasteiger partial charge in [-0.15, -0.1) is 0 Å². The predicted molar refractivity (Wildman–Crippen MR) is 98.6 cm³/mol. The summed E-state index contributed by atoms with van der Waals surface area (Å²) < 4.78 is 0. The second kappa shape index (κ2) is 7.88. The topological polar surface area (TPSA) is 80.9 Å². The minimum absolute atomic E-state index is 0.258. The fourth-order valence-corrected chi connectivity index (χ4v) is 2.57. The maximum atomic E-state index is 12.2. The van der Waals surface area contributed by atoms with E-state index in [1.54, 1.807) is 24.4 Å². The van der Waals surface area contributed by atoms with Crippen LogP contribution in [0.25, 0.3) is 0 Å². The molecule has 0 aliphatic carbocycles. The number of nitrogens with zero attached hydrogens (tertiary/aromatic N) is 2. The fourth-order valence-electron chi connectivity index (χ4n) is 2.35. The van der Waals surface area contributed by atoms with Crippen molar-refractivity contribution < 1.29 is 4.79 Å². The zero-order valence-corrected chi connectivity index (χ0v) is 14.2. The minimum atomic E-state index is -0.258. The molecule has 0 saturated heterocycles. The van der Waals surface area contributed by atoms with Crippen molar-refractivity contribution in [2.45, 2.75) is 13.0 Å². The van der Waals surface area contributed by atoms with Crippen LogP contribution in [-0.4, -0.2) is 15.9 Å². The SMILES string of the molecule is NCc1ccc(C(=O)Nc2ccc(Cc3cccc(Cl)c3)cn2)cn1. The van der Waals surface area contributed by atoms with Gasteiger partial charge >= 0.3 is 0 Å². The first-order valence-electron chi connectivity index (χ1n) is 7.80. The highest BCUT2D eigenvalue weighted by Crippen LogP contribution is 2.15. The van der Waals surface area contributed by atoms with Gasteiger partial charge in [-0.05, 0) is 47.9 Å². The molecule has 3 rings (SSSR count). The third-order valence-electron chi connectivity index (χ3n) is 3.66. The van der Waals surface area contributed by atoms with E-state index >= 15 is 0 Å². The Hall–Kier alpha value is -2.76. The first-order valence-corrected chi connectivity index (χ1v) is 8.17. The number of hydrogen-bond donors (Lipinski definition) is 2. The van der Waals surface area contributed by atoms with Crippen LogP contribution in [0.5, 0.6) is 0 Å². The lowest BCUT2D eigenvalue weighted by atomic mass is 10.1. The molecule has 0 radical (unpaired) electrons. The molecular weight excluding hydrogens is 336 g/mol. The molecule has 25 heavy (non-hydrogen) atoms.